The molecular formula is C28H29Cl2F3N2O3. The molecule has 0 unspecified atom stereocenters. The van der Waals surface area contributed by atoms with Crippen molar-refractivity contribution in [2.24, 2.45) is 0 Å². The lowest BCUT2D eigenvalue weighted by Gasteiger charge is -2.36. The van der Waals surface area contributed by atoms with Crippen molar-refractivity contribution in [2.75, 3.05) is 44.2 Å². The molecule has 5 rings (SSSR count). The summed E-state index contributed by atoms with van der Waals surface area (Å²) in [5.74, 6) is 0.503. The molecule has 204 valence electrons. The summed E-state index contributed by atoms with van der Waals surface area (Å²) in [7, 11) is 0. The Morgan fingerprint density at radius 1 is 0.868 bits per heavy atom. The molecule has 2 aliphatic rings. The molecule has 0 spiro atoms. The van der Waals surface area contributed by atoms with Crippen LogP contribution in [0.1, 0.15) is 29.0 Å². The number of nitrogens with zero attached hydrogens (tertiary/aromatic N) is 2. The first-order valence-electron chi connectivity index (χ1n) is 12.1. The van der Waals surface area contributed by atoms with Crippen LogP contribution in [0.25, 0.3) is 0 Å². The van der Waals surface area contributed by atoms with E-state index in [-0.39, 0.29) is 30.8 Å². The summed E-state index contributed by atoms with van der Waals surface area (Å²) < 4.78 is 50.7. The maximum absolute atomic E-state index is 13.1. The van der Waals surface area contributed by atoms with Crippen LogP contribution >= 0.6 is 24.8 Å². The number of fused-ring (bicyclic) bond motifs is 2. The number of esters is 1. The maximum atomic E-state index is 13.1. The van der Waals surface area contributed by atoms with Gasteiger partial charge < -0.3 is 14.4 Å². The molecular weight excluding hydrogens is 540 g/mol. The molecule has 1 fully saturated rings. The van der Waals surface area contributed by atoms with Crippen LogP contribution in [0.2, 0.25) is 0 Å². The van der Waals surface area contributed by atoms with Gasteiger partial charge in [0.1, 0.15) is 17.4 Å². The molecule has 2 heterocycles. The van der Waals surface area contributed by atoms with Crippen LogP contribution in [0.3, 0.4) is 0 Å². The van der Waals surface area contributed by atoms with Crippen molar-refractivity contribution in [3.05, 3.63) is 89.5 Å². The van der Waals surface area contributed by atoms with Gasteiger partial charge in [-0.05, 0) is 36.8 Å². The van der Waals surface area contributed by atoms with E-state index in [2.05, 4.69) is 4.90 Å². The SMILES string of the molecule is Cl.Cl.O=C(OCCCN1CCN(c2cccc(C(F)(F)F)c2)CC1)C1c2ccccc2Oc2ccccc21. The first-order chi connectivity index (χ1) is 17.4. The Hall–Kier alpha value is -2.94. The normalized spacial score (nSPS) is 15.3. The molecule has 0 saturated carbocycles. The third-order valence-corrected chi connectivity index (χ3v) is 6.69. The molecule has 0 aromatic heterocycles. The molecule has 5 nitrogen and oxygen atoms in total. The number of anilines is 1. The maximum Gasteiger partial charge on any atom is 0.416 e. The number of alkyl halides is 3. The van der Waals surface area contributed by atoms with Crippen LogP contribution in [0, 0.1) is 0 Å². The lowest BCUT2D eigenvalue weighted by atomic mass is 9.88. The first kappa shape index (κ1) is 29.6. The predicted octanol–water partition coefficient (Wildman–Crippen LogP) is 6.54. The molecule has 3 aromatic carbocycles. The summed E-state index contributed by atoms with van der Waals surface area (Å²) in [6, 6.07) is 20.5. The molecule has 0 amide bonds. The highest BCUT2D eigenvalue weighted by atomic mass is 35.5. The minimum absolute atomic E-state index is 0. The molecule has 0 radical (unpaired) electrons. The van der Waals surface area contributed by atoms with E-state index in [0.717, 1.165) is 36.8 Å². The summed E-state index contributed by atoms with van der Waals surface area (Å²) in [5.41, 5.74) is 1.56. The van der Waals surface area contributed by atoms with Crippen molar-refractivity contribution in [1.29, 1.82) is 0 Å². The Labute approximate surface area is 232 Å². The van der Waals surface area contributed by atoms with Crippen LogP contribution in [0.15, 0.2) is 72.8 Å². The topological polar surface area (TPSA) is 42.0 Å². The summed E-state index contributed by atoms with van der Waals surface area (Å²) in [5, 5.41) is 0. The second-order valence-corrected chi connectivity index (χ2v) is 9.01. The molecule has 0 aliphatic carbocycles. The Kier molecular flexibility index (Phi) is 9.93. The average molecular weight is 569 g/mol. The van der Waals surface area contributed by atoms with Gasteiger partial charge in [0.05, 0.1) is 12.2 Å². The molecule has 0 atom stereocenters. The number of para-hydroxylation sites is 2. The van der Waals surface area contributed by atoms with E-state index in [1.165, 1.54) is 12.1 Å². The molecule has 10 heteroatoms. The van der Waals surface area contributed by atoms with E-state index in [9.17, 15) is 18.0 Å². The smallest absolute Gasteiger partial charge is 0.416 e. The summed E-state index contributed by atoms with van der Waals surface area (Å²) in [6.07, 6.45) is -3.66. The fraction of sp³-hybridized carbons (Fsp3) is 0.321. The lowest BCUT2D eigenvalue weighted by Crippen LogP contribution is -2.46. The molecule has 2 aliphatic heterocycles. The van der Waals surface area contributed by atoms with Crippen LogP contribution in [0.4, 0.5) is 18.9 Å². The van der Waals surface area contributed by atoms with Crippen molar-refractivity contribution >= 4 is 36.5 Å². The number of hydrogen-bond acceptors (Lipinski definition) is 5. The number of piperazine rings is 1. The van der Waals surface area contributed by atoms with Gasteiger partial charge in [-0.25, -0.2) is 0 Å². The van der Waals surface area contributed by atoms with Crippen molar-refractivity contribution < 1.29 is 27.4 Å². The zero-order chi connectivity index (χ0) is 25.1. The van der Waals surface area contributed by atoms with Crippen LogP contribution in [-0.2, 0) is 15.7 Å². The van der Waals surface area contributed by atoms with Crippen LogP contribution in [-0.4, -0.2) is 50.2 Å². The van der Waals surface area contributed by atoms with E-state index >= 15 is 0 Å². The van der Waals surface area contributed by atoms with Gasteiger partial charge in [-0.2, -0.15) is 13.2 Å². The number of benzene rings is 3. The Morgan fingerprint density at radius 2 is 1.47 bits per heavy atom. The van der Waals surface area contributed by atoms with Gasteiger partial charge in [0.15, 0.2) is 0 Å². The van der Waals surface area contributed by atoms with Crippen molar-refractivity contribution in [3.8, 4) is 11.5 Å². The number of hydrogen-bond donors (Lipinski definition) is 0. The minimum Gasteiger partial charge on any atom is -0.465 e. The number of rotatable bonds is 6. The molecule has 1 saturated heterocycles. The van der Waals surface area contributed by atoms with E-state index in [4.69, 9.17) is 9.47 Å². The Morgan fingerprint density at radius 3 is 2.08 bits per heavy atom. The number of carbonyl (C=O) groups is 1. The summed E-state index contributed by atoms with van der Waals surface area (Å²) >= 11 is 0. The van der Waals surface area contributed by atoms with Gasteiger partial charge in [-0.3, -0.25) is 9.69 Å². The molecule has 38 heavy (non-hydrogen) atoms. The number of ether oxygens (including phenoxy) is 2. The van der Waals surface area contributed by atoms with Gasteiger partial charge >= 0.3 is 12.1 Å². The highest BCUT2D eigenvalue weighted by Gasteiger charge is 2.34. The van der Waals surface area contributed by atoms with Gasteiger partial charge in [0.25, 0.3) is 0 Å². The quantitative estimate of drug-likeness (QED) is 0.249. The van der Waals surface area contributed by atoms with Crippen molar-refractivity contribution in [2.45, 2.75) is 18.5 Å². The molecule has 0 N–H and O–H groups in total. The second-order valence-electron chi connectivity index (χ2n) is 9.01. The number of halogens is 5. The highest BCUT2D eigenvalue weighted by Crippen LogP contribution is 2.44. The van der Waals surface area contributed by atoms with Gasteiger partial charge in [-0.1, -0.05) is 42.5 Å². The molecule has 3 aromatic rings. The average Bonchev–Trinajstić information content (AvgIpc) is 2.89. The van der Waals surface area contributed by atoms with Crippen LogP contribution in [0.5, 0.6) is 11.5 Å². The number of carbonyl (C=O) groups excluding carboxylic acids is 1. The van der Waals surface area contributed by atoms with Crippen LogP contribution < -0.4 is 9.64 Å². The highest BCUT2D eigenvalue weighted by molar-refractivity contribution is 5.86. The Bertz CT molecular complexity index is 1190. The fourth-order valence-corrected chi connectivity index (χ4v) is 4.82. The summed E-state index contributed by atoms with van der Waals surface area (Å²) in [4.78, 5) is 17.3. The van der Waals surface area contributed by atoms with Crippen molar-refractivity contribution in [1.82, 2.24) is 4.90 Å². The van der Waals surface area contributed by atoms with E-state index in [0.29, 0.717) is 43.3 Å². The standard InChI is InChI=1S/C28H27F3N2O3.2ClH/c29-28(30,31)20-7-5-8-21(19-20)33-16-14-32(15-17-33)13-6-18-35-27(34)26-22-9-1-3-11-24(22)36-25-12-4-2-10-23(25)26;;/h1-5,7-12,19,26H,6,13-18H2;2*1H. The zero-order valence-corrected chi connectivity index (χ0v) is 22.2. The largest absolute Gasteiger partial charge is 0.465 e. The fourth-order valence-electron chi connectivity index (χ4n) is 4.82. The molecule has 0 bridgehead atoms. The monoisotopic (exact) mass is 568 g/mol. The van der Waals surface area contributed by atoms with E-state index in [1.54, 1.807) is 6.07 Å². The lowest BCUT2D eigenvalue weighted by molar-refractivity contribution is -0.144. The third kappa shape index (κ3) is 6.54. The third-order valence-electron chi connectivity index (χ3n) is 6.69. The predicted molar refractivity (Wildman–Crippen MR) is 145 cm³/mol. The summed E-state index contributed by atoms with van der Waals surface area (Å²) in [6.45, 7) is 3.84. The zero-order valence-electron chi connectivity index (χ0n) is 20.5. The van der Waals surface area contributed by atoms with Crippen molar-refractivity contribution in [3.63, 3.8) is 0 Å². The van der Waals surface area contributed by atoms with Gasteiger partial charge in [-0.15, -0.1) is 24.8 Å². The second kappa shape index (κ2) is 12.7. The van der Waals surface area contributed by atoms with Gasteiger partial charge in [0, 0.05) is 49.5 Å². The van der Waals surface area contributed by atoms with E-state index in [1.807, 2.05) is 53.4 Å². The van der Waals surface area contributed by atoms with E-state index < -0.39 is 17.7 Å². The Balaban J connectivity index is 0.00000200. The minimum atomic E-state index is -4.34. The van der Waals surface area contributed by atoms with Gasteiger partial charge in [0.2, 0.25) is 0 Å². The first-order valence-corrected chi connectivity index (χ1v) is 12.1.